The van der Waals surface area contributed by atoms with Crippen LogP contribution in [0.1, 0.15) is 49.4 Å². The second-order valence-electron chi connectivity index (χ2n) is 5.67. The summed E-state index contributed by atoms with van der Waals surface area (Å²) in [7, 11) is 0. The highest BCUT2D eigenvalue weighted by molar-refractivity contribution is 5.94. The van der Waals surface area contributed by atoms with Gasteiger partial charge in [0, 0.05) is 12.2 Å². The Morgan fingerprint density at radius 3 is 2.55 bits per heavy atom. The fourth-order valence-corrected chi connectivity index (χ4v) is 2.95. The van der Waals surface area contributed by atoms with Crippen LogP contribution in [0.2, 0.25) is 0 Å². The minimum Gasteiger partial charge on any atom is -0.478 e. The number of aromatic carboxylic acids is 1. The third-order valence-corrected chi connectivity index (χ3v) is 4.34. The van der Waals surface area contributed by atoms with Crippen LogP contribution in [0.3, 0.4) is 0 Å². The van der Waals surface area contributed by atoms with Crippen LogP contribution in [0.15, 0.2) is 18.2 Å². The summed E-state index contributed by atoms with van der Waals surface area (Å²) in [4.78, 5) is 11.1. The molecule has 0 atom stereocenters. The number of halogens is 1. The van der Waals surface area contributed by atoms with E-state index in [1.807, 2.05) is 0 Å². The van der Waals surface area contributed by atoms with Gasteiger partial charge in [0.15, 0.2) is 0 Å². The van der Waals surface area contributed by atoms with Gasteiger partial charge in [-0.15, -0.1) is 0 Å². The molecule has 4 heteroatoms. The topological polar surface area (TPSA) is 49.3 Å². The van der Waals surface area contributed by atoms with E-state index in [1.54, 1.807) is 0 Å². The predicted molar refractivity (Wildman–Crippen MR) is 77.6 cm³/mol. The van der Waals surface area contributed by atoms with Crippen LogP contribution in [0.4, 0.5) is 10.1 Å². The standard InChI is InChI=1S/C16H22FNO2/c1-2-11-3-5-12(6-4-11)10-18-15-8-7-13(17)9-14(15)16(19)20/h7-9,11-12,18H,2-6,10H2,1H3,(H,19,20). The molecule has 0 aromatic heterocycles. The lowest BCUT2D eigenvalue weighted by atomic mass is 9.81. The molecule has 1 aliphatic carbocycles. The summed E-state index contributed by atoms with van der Waals surface area (Å²) in [5.41, 5.74) is 0.517. The average molecular weight is 279 g/mol. The molecule has 1 saturated carbocycles. The number of anilines is 1. The number of carbonyl (C=O) groups is 1. The summed E-state index contributed by atoms with van der Waals surface area (Å²) < 4.78 is 13.1. The zero-order valence-electron chi connectivity index (χ0n) is 11.9. The van der Waals surface area contributed by atoms with Crippen LogP contribution >= 0.6 is 0 Å². The zero-order valence-corrected chi connectivity index (χ0v) is 11.9. The molecule has 0 heterocycles. The first-order valence-electron chi connectivity index (χ1n) is 7.36. The molecule has 1 aliphatic rings. The molecule has 0 spiro atoms. The molecular weight excluding hydrogens is 257 g/mol. The van der Waals surface area contributed by atoms with Crippen molar-refractivity contribution in [2.45, 2.75) is 39.0 Å². The highest BCUT2D eigenvalue weighted by Gasteiger charge is 2.20. The number of benzene rings is 1. The molecule has 2 rings (SSSR count). The Bertz CT molecular complexity index is 468. The second-order valence-corrected chi connectivity index (χ2v) is 5.67. The van der Waals surface area contributed by atoms with Crippen molar-refractivity contribution in [2.75, 3.05) is 11.9 Å². The number of hydrogen-bond donors (Lipinski definition) is 2. The van der Waals surface area contributed by atoms with E-state index in [2.05, 4.69) is 12.2 Å². The van der Waals surface area contributed by atoms with Crippen LogP contribution in [0.5, 0.6) is 0 Å². The predicted octanol–water partition coefficient (Wildman–Crippen LogP) is 4.15. The number of carboxylic acid groups (broad SMARTS) is 1. The molecule has 110 valence electrons. The van der Waals surface area contributed by atoms with Crippen molar-refractivity contribution in [1.82, 2.24) is 0 Å². The first-order chi connectivity index (χ1) is 9.60. The van der Waals surface area contributed by atoms with E-state index in [4.69, 9.17) is 5.11 Å². The summed E-state index contributed by atoms with van der Waals surface area (Å²) in [6, 6.07) is 3.87. The van der Waals surface area contributed by atoms with E-state index in [-0.39, 0.29) is 5.56 Å². The van der Waals surface area contributed by atoms with Gasteiger partial charge < -0.3 is 10.4 Å². The van der Waals surface area contributed by atoms with Crippen molar-refractivity contribution in [3.63, 3.8) is 0 Å². The number of carboxylic acids is 1. The third kappa shape index (κ3) is 3.71. The Balaban J connectivity index is 1.93. The van der Waals surface area contributed by atoms with Crippen LogP contribution < -0.4 is 5.32 Å². The van der Waals surface area contributed by atoms with Gasteiger partial charge in [0.2, 0.25) is 0 Å². The maximum atomic E-state index is 13.1. The van der Waals surface area contributed by atoms with Crippen molar-refractivity contribution < 1.29 is 14.3 Å². The van der Waals surface area contributed by atoms with Gasteiger partial charge in [-0.1, -0.05) is 26.2 Å². The molecule has 0 saturated heterocycles. The van der Waals surface area contributed by atoms with E-state index in [0.29, 0.717) is 11.6 Å². The Morgan fingerprint density at radius 2 is 1.95 bits per heavy atom. The molecule has 1 aromatic carbocycles. The lowest BCUT2D eigenvalue weighted by Gasteiger charge is -2.28. The summed E-state index contributed by atoms with van der Waals surface area (Å²) in [6.45, 7) is 3.00. The molecular formula is C16H22FNO2. The average Bonchev–Trinajstić information content (AvgIpc) is 2.46. The van der Waals surface area contributed by atoms with Crippen molar-refractivity contribution in [2.24, 2.45) is 11.8 Å². The van der Waals surface area contributed by atoms with Gasteiger partial charge in [0.25, 0.3) is 0 Å². The first-order valence-corrected chi connectivity index (χ1v) is 7.36. The Labute approximate surface area is 119 Å². The molecule has 20 heavy (non-hydrogen) atoms. The maximum Gasteiger partial charge on any atom is 0.337 e. The molecule has 3 nitrogen and oxygen atoms in total. The molecule has 0 unspecified atom stereocenters. The Kier molecular flexibility index (Phi) is 4.99. The van der Waals surface area contributed by atoms with Crippen molar-refractivity contribution in [3.05, 3.63) is 29.6 Å². The van der Waals surface area contributed by atoms with Crippen LogP contribution in [-0.2, 0) is 0 Å². The van der Waals surface area contributed by atoms with Gasteiger partial charge in [-0.05, 0) is 42.9 Å². The second kappa shape index (κ2) is 6.73. The highest BCUT2D eigenvalue weighted by Crippen LogP contribution is 2.31. The fraction of sp³-hybridized carbons (Fsp3) is 0.562. The zero-order chi connectivity index (χ0) is 14.5. The van der Waals surface area contributed by atoms with Crippen molar-refractivity contribution in [3.8, 4) is 0 Å². The summed E-state index contributed by atoms with van der Waals surface area (Å²) in [5.74, 6) is -0.172. The van der Waals surface area contributed by atoms with Crippen molar-refractivity contribution >= 4 is 11.7 Å². The Morgan fingerprint density at radius 1 is 1.30 bits per heavy atom. The largest absolute Gasteiger partial charge is 0.478 e. The molecule has 0 aliphatic heterocycles. The number of nitrogens with one attached hydrogen (secondary N) is 1. The molecule has 1 aromatic rings. The maximum absolute atomic E-state index is 13.1. The molecule has 2 N–H and O–H groups in total. The smallest absolute Gasteiger partial charge is 0.337 e. The fourth-order valence-electron chi connectivity index (χ4n) is 2.95. The van der Waals surface area contributed by atoms with Gasteiger partial charge in [0.1, 0.15) is 5.82 Å². The lowest BCUT2D eigenvalue weighted by molar-refractivity contribution is 0.0697. The number of hydrogen-bond acceptors (Lipinski definition) is 2. The summed E-state index contributed by atoms with van der Waals surface area (Å²) in [5, 5.41) is 12.3. The lowest BCUT2D eigenvalue weighted by Crippen LogP contribution is -2.21. The minimum atomic E-state index is -1.10. The van der Waals surface area contributed by atoms with E-state index in [0.717, 1.165) is 18.5 Å². The number of rotatable bonds is 5. The first kappa shape index (κ1) is 14.8. The monoisotopic (exact) mass is 279 g/mol. The van der Waals surface area contributed by atoms with E-state index < -0.39 is 11.8 Å². The van der Waals surface area contributed by atoms with E-state index >= 15 is 0 Å². The van der Waals surface area contributed by atoms with Gasteiger partial charge >= 0.3 is 5.97 Å². The van der Waals surface area contributed by atoms with Crippen molar-refractivity contribution in [1.29, 1.82) is 0 Å². The van der Waals surface area contributed by atoms with Gasteiger partial charge in [-0.25, -0.2) is 9.18 Å². The molecule has 0 radical (unpaired) electrons. The summed E-state index contributed by atoms with van der Waals surface area (Å²) >= 11 is 0. The van der Waals surface area contributed by atoms with E-state index in [9.17, 15) is 9.18 Å². The quantitative estimate of drug-likeness (QED) is 0.851. The van der Waals surface area contributed by atoms with E-state index in [1.165, 1.54) is 44.2 Å². The molecule has 0 amide bonds. The van der Waals surface area contributed by atoms with Crippen LogP contribution in [0.25, 0.3) is 0 Å². The highest BCUT2D eigenvalue weighted by atomic mass is 19.1. The van der Waals surface area contributed by atoms with Crippen LogP contribution in [-0.4, -0.2) is 17.6 Å². The minimum absolute atomic E-state index is 0.00671. The molecule has 0 bridgehead atoms. The SMILES string of the molecule is CCC1CCC(CNc2ccc(F)cc2C(=O)O)CC1. The summed E-state index contributed by atoms with van der Waals surface area (Å²) in [6.07, 6.45) is 6.15. The normalized spacial score (nSPS) is 22.5. The molecule has 1 fully saturated rings. The van der Waals surface area contributed by atoms with Gasteiger partial charge in [0.05, 0.1) is 5.56 Å². The third-order valence-electron chi connectivity index (χ3n) is 4.34. The van der Waals surface area contributed by atoms with Gasteiger partial charge in [-0.2, -0.15) is 0 Å². The van der Waals surface area contributed by atoms with Gasteiger partial charge in [-0.3, -0.25) is 0 Å². The Hall–Kier alpha value is -1.58. The van der Waals surface area contributed by atoms with Crippen LogP contribution in [0, 0.1) is 17.7 Å².